The summed E-state index contributed by atoms with van der Waals surface area (Å²) in [5.41, 5.74) is 3.47. The Morgan fingerprint density at radius 3 is 2.57 bits per heavy atom. The van der Waals surface area contributed by atoms with Crippen molar-refractivity contribution in [2.75, 3.05) is 13.7 Å². The molecule has 30 heavy (non-hydrogen) atoms. The first-order valence-electron chi connectivity index (χ1n) is 10.5. The van der Waals surface area contributed by atoms with Crippen molar-refractivity contribution < 1.29 is 9.47 Å². The van der Waals surface area contributed by atoms with Gasteiger partial charge in [-0.3, -0.25) is 4.99 Å². The van der Waals surface area contributed by atoms with Gasteiger partial charge in [0, 0.05) is 13.1 Å². The molecular formula is C22H30ClN5O2. The first kappa shape index (κ1) is 22.3. The van der Waals surface area contributed by atoms with E-state index in [4.69, 9.17) is 14.5 Å². The number of nitrogens with one attached hydrogen (secondary N) is 1. The predicted molar refractivity (Wildman–Crippen MR) is 119 cm³/mol. The number of nitrogens with zero attached hydrogens (tertiary/aromatic N) is 4. The second-order valence-corrected chi connectivity index (χ2v) is 7.34. The molecule has 1 N–H and O–H groups in total. The second-order valence-electron chi connectivity index (χ2n) is 7.34. The Balaban J connectivity index is 0.00000256. The molecule has 7 nitrogen and oxygen atoms in total. The second kappa shape index (κ2) is 10.1. The van der Waals surface area contributed by atoms with Crippen LogP contribution in [0.25, 0.3) is 11.2 Å². The SMILES string of the molecule is CCN=c1ncn(CC)c2nc(C(OC3CCCC3)c3ccc(OC)cc3)[nH]c12.Cl. The molecule has 1 atom stereocenters. The van der Waals surface area contributed by atoms with Gasteiger partial charge in [-0.25, -0.2) is 9.97 Å². The monoisotopic (exact) mass is 431 g/mol. The standard InChI is InChI=1S/C22H29N5O2.ClH/c1-4-23-20-18-22(27(5-2)14-24-20)26-21(25-18)19(29-17-8-6-7-9-17)15-10-12-16(28-3)13-11-15;/h10-14,17,19H,4-9H2,1-3H3,(H,25,26);1H. The molecule has 0 bridgehead atoms. The van der Waals surface area contributed by atoms with E-state index in [-0.39, 0.29) is 24.6 Å². The van der Waals surface area contributed by atoms with Crippen LogP contribution in [0.1, 0.15) is 57.0 Å². The molecule has 162 valence electrons. The van der Waals surface area contributed by atoms with Crippen LogP contribution in [-0.2, 0) is 11.3 Å². The minimum absolute atomic E-state index is 0. The van der Waals surface area contributed by atoms with Gasteiger partial charge >= 0.3 is 0 Å². The third kappa shape index (κ3) is 4.52. The quantitative estimate of drug-likeness (QED) is 0.608. The average molecular weight is 432 g/mol. The molecule has 1 aliphatic carbocycles. The van der Waals surface area contributed by atoms with E-state index in [1.165, 1.54) is 12.8 Å². The van der Waals surface area contributed by atoms with Crippen LogP contribution in [0.2, 0.25) is 0 Å². The maximum atomic E-state index is 6.57. The molecule has 1 fully saturated rings. The number of imidazole rings is 1. The van der Waals surface area contributed by atoms with Gasteiger partial charge in [0.25, 0.3) is 0 Å². The third-order valence-electron chi connectivity index (χ3n) is 5.46. The van der Waals surface area contributed by atoms with E-state index in [0.29, 0.717) is 12.0 Å². The molecule has 0 spiro atoms. The molecule has 0 saturated heterocycles. The lowest BCUT2D eigenvalue weighted by Gasteiger charge is -2.21. The highest BCUT2D eigenvalue weighted by atomic mass is 35.5. The van der Waals surface area contributed by atoms with Crippen molar-refractivity contribution in [2.45, 2.75) is 58.3 Å². The van der Waals surface area contributed by atoms with Gasteiger partial charge in [0.1, 0.15) is 23.2 Å². The third-order valence-corrected chi connectivity index (χ3v) is 5.46. The van der Waals surface area contributed by atoms with Gasteiger partial charge < -0.3 is 19.0 Å². The Kier molecular flexibility index (Phi) is 7.50. The summed E-state index contributed by atoms with van der Waals surface area (Å²) in [4.78, 5) is 17.5. The number of H-pyrrole nitrogens is 1. The maximum Gasteiger partial charge on any atom is 0.176 e. The molecule has 1 aromatic carbocycles. The van der Waals surface area contributed by atoms with Crippen LogP contribution >= 0.6 is 12.4 Å². The number of fused-ring (bicyclic) bond motifs is 1. The average Bonchev–Trinajstić information content (AvgIpc) is 3.43. The normalized spacial score (nSPS) is 16.0. The van der Waals surface area contributed by atoms with Crippen molar-refractivity contribution in [3.8, 4) is 5.75 Å². The van der Waals surface area contributed by atoms with Gasteiger partial charge in [-0.15, -0.1) is 12.4 Å². The lowest BCUT2D eigenvalue weighted by Crippen LogP contribution is -2.16. The van der Waals surface area contributed by atoms with Gasteiger partial charge in [0.05, 0.1) is 19.5 Å². The van der Waals surface area contributed by atoms with E-state index in [0.717, 1.165) is 47.7 Å². The Hall–Kier alpha value is -2.38. The zero-order chi connectivity index (χ0) is 20.2. The molecule has 8 heteroatoms. The molecule has 2 heterocycles. The molecule has 1 unspecified atom stereocenters. The van der Waals surface area contributed by atoms with Crippen molar-refractivity contribution in [3.05, 3.63) is 47.5 Å². The lowest BCUT2D eigenvalue weighted by atomic mass is 10.1. The number of aryl methyl sites for hydroxylation is 1. The highest BCUT2D eigenvalue weighted by molar-refractivity contribution is 5.85. The summed E-state index contributed by atoms with van der Waals surface area (Å²) in [6.45, 7) is 5.56. The van der Waals surface area contributed by atoms with Crippen LogP contribution in [-0.4, -0.2) is 39.3 Å². The van der Waals surface area contributed by atoms with E-state index >= 15 is 0 Å². The van der Waals surface area contributed by atoms with E-state index in [9.17, 15) is 0 Å². The zero-order valence-corrected chi connectivity index (χ0v) is 18.6. The number of methoxy groups -OCH3 is 1. The van der Waals surface area contributed by atoms with Gasteiger partial charge in [0.15, 0.2) is 11.1 Å². The highest BCUT2D eigenvalue weighted by Crippen LogP contribution is 2.32. The van der Waals surface area contributed by atoms with Gasteiger partial charge in [0.2, 0.25) is 0 Å². The van der Waals surface area contributed by atoms with Crippen molar-refractivity contribution in [1.29, 1.82) is 0 Å². The molecule has 0 aliphatic heterocycles. The maximum absolute atomic E-state index is 6.57. The molecule has 2 aromatic heterocycles. The van der Waals surface area contributed by atoms with Crippen LogP contribution in [0.15, 0.2) is 35.6 Å². The Labute approximate surface area is 183 Å². The molecular weight excluding hydrogens is 402 g/mol. The number of hydrogen-bond donors (Lipinski definition) is 1. The van der Waals surface area contributed by atoms with E-state index in [2.05, 4.69) is 34.0 Å². The Morgan fingerprint density at radius 2 is 1.93 bits per heavy atom. The Morgan fingerprint density at radius 1 is 1.20 bits per heavy atom. The van der Waals surface area contributed by atoms with Crippen molar-refractivity contribution in [3.63, 3.8) is 0 Å². The molecule has 1 aliphatic rings. The molecule has 0 radical (unpaired) electrons. The van der Waals surface area contributed by atoms with E-state index in [1.54, 1.807) is 7.11 Å². The van der Waals surface area contributed by atoms with Crippen molar-refractivity contribution in [2.24, 2.45) is 4.99 Å². The number of ether oxygens (including phenoxy) is 2. The van der Waals surface area contributed by atoms with Crippen LogP contribution in [0.5, 0.6) is 5.75 Å². The number of aromatic nitrogens is 4. The fourth-order valence-electron chi connectivity index (χ4n) is 3.91. The zero-order valence-electron chi connectivity index (χ0n) is 17.8. The van der Waals surface area contributed by atoms with Crippen LogP contribution in [0.3, 0.4) is 0 Å². The van der Waals surface area contributed by atoms with Gasteiger partial charge in [-0.1, -0.05) is 25.0 Å². The Bertz CT molecular complexity index is 1020. The van der Waals surface area contributed by atoms with E-state index < -0.39 is 0 Å². The lowest BCUT2D eigenvalue weighted by molar-refractivity contribution is 0.00886. The van der Waals surface area contributed by atoms with Gasteiger partial charge in [-0.2, -0.15) is 0 Å². The molecule has 4 rings (SSSR count). The topological polar surface area (TPSA) is 77.3 Å². The fraction of sp³-hybridized carbons (Fsp3) is 0.500. The molecule has 3 aromatic rings. The molecule has 0 amide bonds. The van der Waals surface area contributed by atoms with E-state index in [1.807, 2.05) is 30.0 Å². The summed E-state index contributed by atoms with van der Waals surface area (Å²) in [5, 5.41) is 0. The van der Waals surface area contributed by atoms with Gasteiger partial charge in [-0.05, 0) is 44.4 Å². The summed E-state index contributed by atoms with van der Waals surface area (Å²) < 4.78 is 13.9. The highest BCUT2D eigenvalue weighted by Gasteiger charge is 2.26. The summed E-state index contributed by atoms with van der Waals surface area (Å²) >= 11 is 0. The van der Waals surface area contributed by atoms with Crippen LogP contribution in [0, 0.1) is 0 Å². The predicted octanol–water partition coefficient (Wildman–Crippen LogP) is 4.18. The number of aromatic amines is 1. The minimum atomic E-state index is -0.267. The fourth-order valence-corrected chi connectivity index (χ4v) is 3.91. The first-order valence-corrected chi connectivity index (χ1v) is 10.5. The first-order chi connectivity index (χ1) is 14.2. The number of rotatable bonds is 7. The summed E-state index contributed by atoms with van der Waals surface area (Å²) in [6.07, 6.45) is 6.43. The molecule has 1 saturated carbocycles. The van der Waals surface area contributed by atoms with Crippen LogP contribution in [0.4, 0.5) is 0 Å². The number of halogens is 1. The van der Waals surface area contributed by atoms with Crippen molar-refractivity contribution >= 4 is 23.6 Å². The summed E-state index contributed by atoms with van der Waals surface area (Å²) in [7, 11) is 1.68. The summed E-state index contributed by atoms with van der Waals surface area (Å²) in [5.74, 6) is 1.62. The minimum Gasteiger partial charge on any atom is -0.497 e. The van der Waals surface area contributed by atoms with Crippen LogP contribution < -0.4 is 10.2 Å². The summed E-state index contributed by atoms with van der Waals surface area (Å²) in [6, 6.07) is 8.04. The number of hydrogen-bond acceptors (Lipinski definition) is 5. The smallest absolute Gasteiger partial charge is 0.176 e. The largest absolute Gasteiger partial charge is 0.497 e. The van der Waals surface area contributed by atoms with Crippen molar-refractivity contribution in [1.82, 2.24) is 19.5 Å². The number of benzene rings is 1.